The molecule has 0 amide bonds. The Morgan fingerprint density at radius 1 is 1.50 bits per heavy atom. The van der Waals surface area contributed by atoms with E-state index < -0.39 is 0 Å². The van der Waals surface area contributed by atoms with Gasteiger partial charge >= 0.3 is 0 Å². The van der Waals surface area contributed by atoms with Crippen molar-refractivity contribution in [3.8, 4) is 0 Å². The lowest BCUT2D eigenvalue weighted by Crippen LogP contribution is -1.90. The van der Waals surface area contributed by atoms with Crippen molar-refractivity contribution in [2.75, 3.05) is 0 Å². The van der Waals surface area contributed by atoms with E-state index in [9.17, 15) is 0 Å². The van der Waals surface area contributed by atoms with Crippen LogP contribution in [0.1, 0.15) is 18.1 Å². The number of rotatable bonds is 2. The third-order valence-electron chi connectivity index (χ3n) is 1.95. The molecule has 0 saturated heterocycles. The second-order valence-corrected chi connectivity index (χ2v) is 3.67. The number of benzene rings is 1. The predicted octanol–water partition coefficient (Wildman–Crippen LogP) is 4.21. The second kappa shape index (κ2) is 3.94. The van der Waals surface area contributed by atoms with E-state index in [4.69, 9.17) is 5.73 Å². The molecule has 1 aromatic carbocycles. The molecule has 0 radical (unpaired) electrons. The largest absolute Gasteiger partial charge is 0.698 e. The van der Waals surface area contributed by atoms with Gasteiger partial charge in [-0.05, 0) is 13.0 Å². The minimum atomic E-state index is 0.620. The fourth-order valence-electron chi connectivity index (χ4n) is 1.18. The van der Waals surface area contributed by atoms with E-state index in [1.807, 2.05) is 26.0 Å². The van der Waals surface area contributed by atoms with Crippen molar-refractivity contribution in [1.29, 1.82) is 0 Å². The number of nitrogens with one attached hydrogen (secondary N) is 1. The van der Waals surface area contributed by atoms with E-state index in [1.54, 1.807) is 0 Å². The maximum absolute atomic E-state index is 7.60. The van der Waals surface area contributed by atoms with Crippen LogP contribution in [0.3, 0.4) is 0 Å². The standard InChI is InChI=1S/C10H12BrN/c1-3-4-8-7(2)10(12)6-5-9(8)11/h3,5-6,12H,4H2,1-2H3/q-2. The molecule has 0 spiro atoms. The van der Waals surface area contributed by atoms with Gasteiger partial charge in [-0.1, -0.05) is 33.1 Å². The summed E-state index contributed by atoms with van der Waals surface area (Å²) in [6.45, 7) is 4.02. The van der Waals surface area contributed by atoms with Crippen molar-refractivity contribution in [1.82, 2.24) is 0 Å². The first-order valence-corrected chi connectivity index (χ1v) is 4.73. The zero-order valence-corrected chi connectivity index (χ0v) is 8.90. The van der Waals surface area contributed by atoms with Crippen LogP contribution < -0.4 is 0 Å². The molecule has 2 heteroatoms. The van der Waals surface area contributed by atoms with Crippen LogP contribution in [0.15, 0.2) is 16.6 Å². The first kappa shape index (κ1) is 9.59. The Morgan fingerprint density at radius 2 is 2.17 bits per heavy atom. The molecule has 66 valence electrons. The number of halogens is 1. The molecular weight excluding hydrogens is 214 g/mol. The molecule has 0 heterocycles. The van der Waals surface area contributed by atoms with Gasteiger partial charge in [-0.15, -0.1) is 5.69 Å². The first-order valence-electron chi connectivity index (χ1n) is 3.94. The highest BCUT2D eigenvalue weighted by atomic mass is 79.9. The van der Waals surface area contributed by atoms with E-state index in [0.29, 0.717) is 5.69 Å². The Morgan fingerprint density at radius 3 is 2.75 bits per heavy atom. The summed E-state index contributed by atoms with van der Waals surface area (Å²) in [6.07, 6.45) is 3.03. The lowest BCUT2D eigenvalue weighted by atomic mass is 10.0. The average molecular weight is 226 g/mol. The highest BCUT2D eigenvalue weighted by Crippen LogP contribution is 2.28. The quantitative estimate of drug-likeness (QED) is 0.674. The molecule has 1 rings (SSSR count). The normalized spacial score (nSPS) is 10.2. The summed E-state index contributed by atoms with van der Waals surface area (Å²) in [6, 6.07) is 3.76. The van der Waals surface area contributed by atoms with Crippen molar-refractivity contribution < 1.29 is 0 Å². The number of hydrogen-bond donors (Lipinski definition) is 0. The minimum Gasteiger partial charge on any atom is -0.698 e. The van der Waals surface area contributed by atoms with E-state index in [-0.39, 0.29) is 0 Å². The monoisotopic (exact) mass is 225 g/mol. The van der Waals surface area contributed by atoms with Crippen molar-refractivity contribution in [2.45, 2.75) is 20.3 Å². The van der Waals surface area contributed by atoms with Crippen LogP contribution in [0.5, 0.6) is 0 Å². The minimum absolute atomic E-state index is 0.620. The SMILES string of the molecule is C[CH-]Cc1c(Br)ccc([NH-])c1C. The molecule has 0 aliphatic rings. The summed E-state index contributed by atoms with van der Waals surface area (Å²) >= 11 is 3.48. The fraction of sp³-hybridized carbons (Fsp3) is 0.300. The molecule has 0 bridgehead atoms. The third-order valence-corrected chi connectivity index (χ3v) is 2.69. The lowest BCUT2D eigenvalue weighted by Gasteiger charge is -2.17. The predicted molar refractivity (Wildman–Crippen MR) is 56.5 cm³/mol. The molecule has 1 nitrogen and oxygen atoms in total. The molecule has 12 heavy (non-hydrogen) atoms. The van der Waals surface area contributed by atoms with Gasteiger partial charge in [0.2, 0.25) is 0 Å². The molecule has 1 aromatic rings. The third kappa shape index (κ3) is 1.81. The van der Waals surface area contributed by atoms with Crippen molar-refractivity contribution in [3.05, 3.63) is 39.9 Å². The Bertz CT molecular complexity index is 281. The Labute approximate surface area is 82.1 Å². The summed E-state index contributed by atoms with van der Waals surface area (Å²) in [7, 11) is 0. The maximum Gasteiger partial charge on any atom is 0.0183 e. The van der Waals surface area contributed by atoms with E-state index >= 15 is 0 Å². The first-order chi connectivity index (χ1) is 5.66. The molecule has 0 fully saturated rings. The van der Waals surface area contributed by atoms with E-state index in [2.05, 4.69) is 22.4 Å². The van der Waals surface area contributed by atoms with Gasteiger partial charge in [-0.25, -0.2) is 0 Å². The van der Waals surface area contributed by atoms with Gasteiger partial charge in [0.05, 0.1) is 0 Å². The summed E-state index contributed by atoms with van der Waals surface area (Å²) in [5, 5.41) is 0. The smallest absolute Gasteiger partial charge is 0.0183 e. The summed E-state index contributed by atoms with van der Waals surface area (Å²) < 4.78 is 1.11. The lowest BCUT2D eigenvalue weighted by molar-refractivity contribution is 1.11. The summed E-state index contributed by atoms with van der Waals surface area (Å²) in [5.74, 6) is 0. The zero-order chi connectivity index (χ0) is 9.14. The fourth-order valence-corrected chi connectivity index (χ4v) is 1.77. The molecule has 0 unspecified atom stereocenters. The van der Waals surface area contributed by atoms with Gasteiger partial charge in [0.25, 0.3) is 0 Å². The Balaban J connectivity index is 3.14. The van der Waals surface area contributed by atoms with Crippen molar-refractivity contribution >= 4 is 21.6 Å². The van der Waals surface area contributed by atoms with Crippen LogP contribution in [-0.2, 0) is 6.42 Å². The molecule has 0 atom stereocenters. The van der Waals surface area contributed by atoms with Gasteiger partial charge in [0, 0.05) is 4.47 Å². The van der Waals surface area contributed by atoms with Crippen LogP contribution in [0, 0.1) is 13.3 Å². The van der Waals surface area contributed by atoms with Crippen LogP contribution in [0.2, 0.25) is 0 Å². The molecule has 0 aliphatic heterocycles. The zero-order valence-electron chi connectivity index (χ0n) is 7.32. The topological polar surface area (TPSA) is 23.8 Å². The van der Waals surface area contributed by atoms with Gasteiger partial charge in [0.15, 0.2) is 0 Å². The van der Waals surface area contributed by atoms with Crippen LogP contribution in [0.4, 0.5) is 5.69 Å². The second-order valence-electron chi connectivity index (χ2n) is 2.81. The molecule has 0 aliphatic carbocycles. The number of hydrogen-bond acceptors (Lipinski definition) is 0. The van der Waals surface area contributed by atoms with E-state index in [0.717, 1.165) is 16.5 Å². The van der Waals surface area contributed by atoms with Crippen LogP contribution in [0.25, 0.3) is 5.73 Å². The van der Waals surface area contributed by atoms with Crippen LogP contribution >= 0.6 is 15.9 Å². The average Bonchev–Trinajstić information content (AvgIpc) is 2.06. The van der Waals surface area contributed by atoms with Crippen LogP contribution in [-0.4, -0.2) is 0 Å². The van der Waals surface area contributed by atoms with Crippen molar-refractivity contribution in [2.24, 2.45) is 0 Å². The molecule has 0 saturated carbocycles. The Kier molecular flexibility index (Phi) is 3.15. The summed E-state index contributed by atoms with van der Waals surface area (Å²) in [4.78, 5) is 0. The molecule has 0 aromatic heterocycles. The van der Waals surface area contributed by atoms with Gasteiger partial charge in [-0.3, -0.25) is 0 Å². The molecular formula is C10H12BrN-2. The maximum atomic E-state index is 7.60. The van der Waals surface area contributed by atoms with Crippen molar-refractivity contribution in [3.63, 3.8) is 0 Å². The Hall–Kier alpha value is -0.500. The molecule has 1 N–H and O–H groups in total. The van der Waals surface area contributed by atoms with Gasteiger partial charge in [-0.2, -0.15) is 13.3 Å². The van der Waals surface area contributed by atoms with Gasteiger partial charge < -0.3 is 12.2 Å². The van der Waals surface area contributed by atoms with E-state index in [1.165, 1.54) is 5.56 Å². The summed E-state index contributed by atoms with van der Waals surface area (Å²) in [5.41, 5.74) is 10.5. The highest BCUT2D eigenvalue weighted by molar-refractivity contribution is 9.10. The van der Waals surface area contributed by atoms with Gasteiger partial charge in [0.1, 0.15) is 0 Å². The highest BCUT2D eigenvalue weighted by Gasteiger charge is 1.98.